The maximum Gasteiger partial charge on any atom is 0.319 e. The Morgan fingerprint density at radius 3 is 2.48 bits per heavy atom. The molecule has 1 aromatic rings. The summed E-state index contributed by atoms with van der Waals surface area (Å²) in [6.45, 7) is 4.98. The van der Waals surface area contributed by atoms with E-state index in [1.807, 2.05) is 16.7 Å². The molecule has 0 spiro atoms. The molecule has 0 unspecified atom stereocenters. The number of nitrogens with zero attached hydrogens (tertiary/aromatic N) is 3. The van der Waals surface area contributed by atoms with E-state index in [9.17, 15) is 9.59 Å². The van der Waals surface area contributed by atoms with E-state index in [-0.39, 0.29) is 23.9 Å². The zero-order valence-electron chi connectivity index (χ0n) is 13.6. The smallest absolute Gasteiger partial charge is 0.319 e. The summed E-state index contributed by atoms with van der Waals surface area (Å²) in [6.07, 6.45) is 5.95. The van der Waals surface area contributed by atoms with Crippen LogP contribution in [-0.2, 0) is 11.2 Å². The largest absolute Gasteiger partial charge is 0.429 e. The van der Waals surface area contributed by atoms with Crippen molar-refractivity contribution in [1.29, 1.82) is 0 Å². The van der Waals surface area contributed by atoms with Gasteiger partial charge in [0.05, 0.1) is 6.20 Å². The fraction of sp³-hybridized carbons (Fsp3) is 0.688. The van der Waals surface area contributed by atoms with Crippen LogP contribution in [0.5, 0.6) is 0 Å². The number of rotatable bonds is 3. The number of hydrogen-bond acceptors (Lipinski definition) is 4. The molecule has 1 N–H and O–H groups in total. The van der Waals surface area contributed by atoms with Crippen molar-refractivity contribution in [2.45, 2.75) is 39.0 Å². The molecular formula is C16H24N4O3. The average Bonchev–Trinajstić information content (AvgIpc) is 3.26. The van der Waals surface area contributed by atoms with E-state index in [0.717, 1.165) is 38.1 Å². The second-order valence-electron chi connectivity index (χ2n) is 6.21. The monoisotopic (exact) mass is 320 g/mol. The Morgan fingerprint density at radius 1 is 1.22 bits per heavy atom. The first-order valence-electron chi connectivity index (χ1n) is 8.46. The molecule has 7 heteroatoms. The van der Waals surface area contributed by atoms with Crippen LogP contribution >= 0.6 is 0 Å². The molecule has 0 aliphatic carbocycles. The molecule has 1 aromatic heterocycles. The predicted octanol–water partition coefficient (Wildman–Crippen LogP) is 2.10. The summed E-state index contributed by atoms with van der Waals surface area (Å²) in [6, 6.07) is 0.393. The van der Waals surface area contributed by atoms with Crippen molar-refractivity contribution in [3.8, 4) is 0 Å². The lowest BCUT2D eigenvalue weighted by Crippen LogP contribution is -2.47. The van der Waals surface area contributed by atoms with Crippen LogP contribution < -0.4 is 5.32 Å². The number of carbonyl (C=O) groups is 2. The molecule has 7 nitrogen and oxygen atoms in total. The van der Waals surface area contributed by atoms with Gasteiger partial charge in [-0.3, -0.25) is 10.1 Å². The third-order valence-electron chi connectivity index (χ3n) is 4.65. The Morgan fingerprint density at radius 2 is 1.87 bits per heavy atom. The molecule has 2 fully saturated rings. The zero-order valence-corrected chi connectivity index (χ0v) is 13.6. The molecular weight excluding hydrogens is 296 g/mol. The van der Waals surface area contributed by atoms with Crippen molar-refractivity contribution in [3.05, 3.63) is 12.0 Å². The summed E-state index contributed by atoms with van der Waals surface area (Å²) in [7, 11) is 0. The summed E-state index contributed by atoms with van der Waals surface area (Å²) < 4.78 is 5.41. The summed E-state index contributed by atoms with van der Waals surface area (Å²) in [5, 5.41) is 2.73. The summed E-state index contributed by atoms with van der Waals surface area (Å²) in [5.74, 6) is 0.601. The zero-order chi connectivity index (χ0) is 16.2. The molecule has 3 heterocycles. The molecule has 3 rings (SSSR count). The SMILES string of the molecule is CCc1cnc(NC(=O)C2CCN(C(=O)N3CCCC3)CC2)o1. The van der Waals surface area contributed by atoms with Crippen LogP contribution in [-0.4, -0.2) is 52.9 Å². The van der Waals surface area contributed by atoms with E-state index in [1.165, 1.54) is 0 Å². The van der Waals surface area contributed by atoms with E-state index in [2.05, 4.69) is 10.3 Å². The number of aromatic nitrogens is 1. The fourth-order valence-electron chi connectivity index (χ4n) is 3.18. The number of oxazole rings is 1. The minimum absolute atomic E-state index is 0.0669. The molecule has 23 heavy (non-hydrogen) atoms. The summed E-state index contributed by atoms with van der Waals surface area (Å²) in [4.78, 5) is 32.4. The first-order chi connectivity index (χ1) is 11.2. The van der Waals surface area contributed by atoms with Gasteiger partial charge >= 0.3 is 12.0 Å². The molecule has 2 saturated heterocycles. The van der Waals surface area contributed by atoms with Crippen molar-refractivity contribution >= 4 is 18.0 Å². The molecule has 0 aromatic carbocycles. The lowest BCUT2D eigenvalue weighted by atomic mass is 9.96. The van der Waals surface area contributed by atoms with Crippen LogP contribution in [0, 0.1) is 5.92 Å². The van der Waals surface area contributed by atoms with Gasteiger partial charge in [0.1, 0.15) is 5.76 Å². The fourth-order valence-corrected chi connectivity index (χ4v) is 3.18. The van der Waals surface area contributed by atoms with Crippen LogP contribution in [0.2, 0.25) is 0 Å². The predicted molar refractivity (Wildman–Crippen MR) is 85.0 cm³/mol. The third kappa shape index (κ3) is 3.65. The number of hydrogen-bond donors (Lipinski definition) is 1. The van der Waals surface area contributed by atoms with Gasteiger partial charge in [-0.1, -0.05) is 6.92 Å². The van der Waals surface area contributed by atoms with Gasteiger partial charge in [-0.15, -0.1) is 0 Å². The van der Waals surface area contributed by atoms with Gasteiger partial charge < -0.3 is 14.2 Å². The topological polar surface area (TPSA) is 78.7 Å². The van der Waals surface area contributed by atoms with Gasteiger partial charge in [-0.05, 0) is 25.7 Å². The van der Waals surface area contributed by atoms with Crippen LogP contribution in [0.3, 0.4) is 0 Å². The normalized spacial score (nSPS) is 19.2. The lowest BCUT2D eigenvalue weighted by Gasteiger charge is -2.33. The van der Waals surface area contributed by atoms with E-state index >= 15 is 0 Å². The van der Waals surface area contributed by atoms with Gasteiger partial charge in [0.25, 0.3) is 0 Å². The number of carbonyl (C=O) groups excluding carboxylic acids is 2. The van der Waals surface area contributed by atoms with Crippen LogP contribution in [0.4, 0.5) is 10.8 Å². The molecule has 126 valence electrons. The number of urea groups is 1. The number of aryl methyl sites for hydroxylation is 1. The third-order valence-corrected chi connectivity index (χ3v) is 4.65. The first-order valence-corrected chi connectivity index (χ1v) is 8.46. The Balaban J connectivity index is 1.48. The Kier molecular flexibility index (Phi) is 4.83. The Bertz CT molecular complexity index is 557. The van der Waals surface area contributed by atoms with Crippen molar-refractivity contribution in [2.24, 2.45) is 5.92 Å². The minimum atomic E-state index is -0.0883. The molecule has 0 saturated carbocycles. The molecule has 0 bridgehead atoms. The summed E-state index contributed by atoms with van der Waals surface area (Å²) >= 11 is 0. The number of likely N-dealkylation sites (tertiary alicyclic amines) is 2. The molecule has 3 amide bonds. The highest BCUT2D eigenvalue weighted by atomic mass is 16.4. The second kappa shape index (κ2) is 7.02. The van der Waals surface area contributed by atoms with E-state index in [0.29, 0.717) is 25.9 Å². The first kappa shape index (κ1) is 15.8. The van der Waals surface area contributed by atoms with Crippen LogP contribution in [0.15, 0.2) is 10.6 Å². The van der Waals surface area contributed by atoms with Crippen molar-refractivity contribution in [2.75, 3.05) is 31.5 Å². The van der Waals surface area contributed by atoms with E-state index in [1.54, 1.807) is 6.20 Å². The van der Waals surface area contributed by atoms with Crippen molar-refractivity contribution in [1.82, 2.24) is 14.8 Å². The van der Waals surface area contributed by atoms with Gasteiger partial charge in [0.15, 0.2) is 0 Å². The molecule has 0 atom stereocenters. The molecule has 0 radical (unpaired) electrons. The minimum Gasteiger partial charge on any atom is -0.429 e. The van der Waals surface area contributed by atoms with Gasteiger partial charge in [-0.2, -0.15) is 0 Å². The van der Waals surface area contributed by atoms with Gasteiger partial charge in [0, 0.05) is 38.5 Å². The van der Waals surface area contributed by atoms with Crippen LogP contribution in [0.1, 0.15) is 38.4 Å². The average molecular weight is 320 g/mol. The standard InChI is InChI=1S/C16H24N4O3/c1-2-13-11-17-15(23-13)18-14(21)12-5-9-20(10-6-12)16(22)19-7-3-4-8-19/h11-12H,2-10H2,1H3,(H,17,18,21). The van der Waals surface area contributed by atoms with Crippen molar-refractivity contribution in [3.63, 3.8) is 0 Å². The Labute approximate surface area is 136 Å². The Hall–Kier alpha value is -2.05. The number of nitrogens with one attached hydrogen (secondary N) is 1. The van der Waals surface area contributed by atoms with Crippen LogP contribution in [0.25, 0.3) is 0 Å². The maximum absolute atomic E-state index is 12.3. The molecule has 2 aliphatic rings. The van der Waals surface area contributed by atoms with E-state index in [4.69, 9.17) is 4.42 Å². The summed E-state index contributed by atoms with van der Waals surface area (Å²) in [5.41, 5.74) is 0. The number of piperidine rings is 1. The highest BCUT2D eigenvalue weighted by Crippen LogP contribution is 2.21. The van der Waals surface area contributed by atoms with Gasteiger partial charge in [-0.25, -0.2) is 9.78 Å². The van der Waals surface area contributed by atoms with Gasteiger partial charge in [0.2, 0.25) is 5.91 Å². The quantitative estimate of drug-likeness (QED) is 0.925. The maximum atomic E-state index is 12.3. The highest BCUT2D eigenvalue weighted by molar-refractivity contribution is 5.90. The molecule has 2 aliphatic heterocycles. The highest BCUT2D eigenvalue weighted by Gasteiger charge is 2.30. The second-order valence-corrected chi connectivity index (χ2v) is 6.21. The lowest BCUT2D eigenvalue weighted by molar-refractivity contribution is -0.121. The number of anilines is 1. The van der Waals surface area contributed by atoms with Crippen molar-refractivity contribution < 1.29 is 14.0 Å². The van der Waals surface area contributed by atoms with E-state index < -0.39 is 0 Å². The number of amides is 3.